The Labute approximate surface area is 135 Å². The minimum absolute atomic E-state index is 0.169. The van der Waals surface area contributed by atoms with Gasteiger partial charge >= 0.3 is 5.97 Å². The Balaban J connectivity index is 2.65. The number of rotatable bonds is 8. The van der Waals surface area contributed by atoms with Crippen LogP contribution >= 0.6 is 0 Å². The first-order valence-electron chi connectivity index (χ1n) is 7.90. The lowest BCUT2D eigenvalue weighted by Gasteiger charge is -2.37. The SMILES string of the molecule is COC(=O)CCCCC(=O)[C@H]1C(=O)CC(C)(C)C[C@@H]1C[N+](=O)[O-]. The van der Waals surface area contributed by atoms with Gasteiger partial charge in [-0.05, 0) is 24.7 Å². The smallest absolute Gasteiger partial charge is 0.305 e. The number of carbonyl (C=O) groups is 3. The highest BCUT2D eigenvalue weighted by Crippen LogP contribution is 2.40. The average Bonchev–Trinajstić information content (AvgIpc) is 2.40. The molecule has 0 aromatic heterocycles. The molecule has 0 aromatic rings. The van der Waals surface area contributed by atoms with E-state index in [0.29, 0.717) is 19.3 Å². The molecule has 1 aliphatic rings. The van der Waals surface area contributed by atoms with Crippen LogP contribution in [-0.2, 0) is 19.1 Å². The van der Waals surface area contributed by atoms with Gasteiger partial charge in [-0.25, -0.2) is 0 Å². The van der Waals surface area contributed by atoms with E-state index < -0.39 is 16.8 Å². The van der Waals surface area contributed by atoms with Crippen molar-refractivity contribution < 1.29 is 24.0 Å². The number of nitrogens with zero attached hydrogens (tertiary/aromatic N) is 1. The lowest BCUT2D eigenvalue weighted by atomic mass is 9.65. The van der Waals surface area contributed by atoms with Gasteiger partial charge in [0, 0.05) is 30.1 Å². The first-order valence-corrected chi connectivity index (χ1v) is 7.90. The Hall–Kier alpha value is -1.79. The molecule has 1 rings (SSSR count). The molecule has 7 heteroatoms. The third kappa shape index (κ3) is 6.08. The van der Waals surface area contributed by atoms with Crippen LogP contribution in [0.4, 0.5) is 0 Å². The number of hydrogen-bond donors (Lipinski definition) is 0. The molecule has 0 aliphatic heterocycles. The van der Waals surface area contributed by atoms with Gasteiger partial charge in [-0.1, -0.05) is 13.8 Å². The molecule has 7 nitrogen and oxygen atoms in total. The quantitative estimate of drug-likeness (QED) is 0.222. The van der Waals surface area contributed by atoms with Crippen molar-refractivity contribution in [1.82, 2.24) is 0 Å². The molecule has 130 valence electrons. The third-order valence-electron chi connectivity index (χ3n) is 4.30. The van der Waals surface area contributed by atoms with Crippen LogP contribution in [0.2, 0.25) is 0 Å². The predicted octanol–water partition coefficient (Wildman–Crippen LogP) is 2.19. The molecule has 0 aromatic carbocycles. The summed E-state index contributed by atoms with van der Waals surface area (Å²) in [5, 5.41) is 10.9. The van der Waals surface area contributed by atoms with Gasteiger partial charge in [-0.15, -0.1) is 0 Å². The molecular formula is C16H25NO6. The van der Waals surface area contributed by atoms with Gasteiger partial charge in [0.1, 0.15) is 11.6 Å². The topological polar surface area (TPSA) is 104 Å². The van der Waals surface area contributed by atoms with E-state index in [4.69, 9.17) is 0 Å². The second kappa shape index (κ2) is 8.17. The van der Waals surface area contributed by atoms with E-state index >= 15 is 0 Å². The summed E-state index contributed by atoms with van der Waals surface area (Å²) in [5.41, 5.74) is -0.306. The second-order valence-electron chi connectivity index (χ2n) is 7.01. The lowest BCUT2D eigenvalue weighted by Crippen LogP contribution is -2.44. The summed E-state index contributed by atoms with van der Waals surface area (Å²) in [6, 6.07) is 0. The minimum Gasteiger partial charge on any atom is -0.469 e. The fourth-order valence-electron chi connectivity index (χ4n) is 3.37. The number of unbranched alkanes of at least 4 members (excludes halogenated alkanes) is 1. The van der Waals surface area contributed by atoms with Crippen LogP contribution in [0.1, 0.15) is 52.4 Å². The van der Waals surface area contributed by atoms with E-state index in [-0.39, 0.29) is 48.8 Å². The van der Waals surface area contributed by atoms with Crippen molar-refractivity contribution in [1.29, 1.82) is 0 Å². The lowest BCUT2D eigenvalue weighted by molar-refractivity contribution is -0.490. The summed E-state index contributed by atoms with van der Waals surface area (Å²) in [5.74, 6) is -2.16. The number of hydrogen-bond acceptors (Lipinski definition) is 6. The maximum absolute atomic E-state index is 12.4. The van der Waals surface area contributed by atoms with Crippen LogP contribution < -0.4 is 0 Å². The highest BCUT2D eigenvalue weighted by molar-refractivity contribution is 6.03. The first kappa shape index (κ1) is 19.3. The Kier molecular flexibility index (Phi) is 6.84. The molecule has 2 atom stereocenters. The molecular weight excluding hydrogens is 302 g/mol. The number of methoxy groups -OCH3 is 1. The summed E-state index contributed by atoms with van der Waals surface area (Å²) in [4.78, 5) is 46.1. The molecule has 1 saturated carbocycles. The zero-order valence-corrected chi connectivity index (χ0v) is 14.0. The molecule has 23 heavy (non-hydrogen) atoms. The molecule has 0 spiro atoms. The van der Waals surface area contributed by atoms with Crippen LogP contribution in [0.3, 0.4) is 0 Å². The number of Topliss-reactive ketones (excluding diaryl/α,β-unsaturated/α-hetero) is 2. The van der Waals surface area contributed by atoms with Gasteiger partial charge in [0.15, 0.2) is 0 Å². The van der Waals surface area contributed by atoms with Crippen molar-refractivity contribution in [3.63, 3.8) is 0 Å². The van der Waals surface area contributed by atoms with E-state index in [0.717, 1.165) is 0 Å². The van der Waals surface area contributed by atoms with Crippen molar-refractivity contribution in [2.45, 2.75) is 52.4 Å². The fourth-order valence-corrected chi connectivity index (χ4v) is 3.37. The molecule has 0 N–H and O–H groups in total. The van der Waals surface area contributed by atoms with Crippen LogP contribution in [-0.4, -0.2) is 36.1 Å². The van der Waals surface area contributed by atoms with Crippen LogP contribution in [0, 0.1) is 27.4 Å². The van der Waals surface area contributed by atoms with E-state index in [9.17, 15) is 24.5 Å². The Morgan fingerprint density at radius 3 is 2.48 bits per heavy atom. The Morgan fingerprint density at radius 2 is 1.91 bits per heavy atom. The summed E-state index contributed by atoms with van der Waals surface area (Å²) in [6.45, 7) is 3.44. The van der Waals surface area contributed by atoms with Crippen molar-refractivity contribution >= 4 is 17.5 Å². The van der Waals surface area contributed by atoms with Gasteiger partial charge in [0.25, 0.3) is 0 Å². The maximum atomic E-state index is 12.4. The molecule has 1 fully saturated rings. The number of ether oxygens (including phenoxy) is 1. The van der Waals surface area contributed by atoms with Gasteiger partial charge in [-0.3, -0.25) is 24.5 Å². The van der Waals surface area contributed by atoms with Gasteiger partial charge < -0.3 is 4.74 Å². The number of ketones is 2. The standard InChI is InChI=1S/C16H25NO6/c1-16(2)8-11(10-17(21)22)15(13(19)9-16)12(18)6-4-5-7-14(20)23-3/h11,15H,4-10H2,1-3H3/t11-,15+/m1/s1. The predicted molar refractivity (Wildman–Crippen MR) is 82.4 cm³/mol. The van der Waals surface area contributed by atoms with Gasteiger partial charge in [0.05, 0.1) is 13.0 Å². The van der Waals surface area contributed by atoms with E-state index in [1.54, 1.807) is 0 Å². The highest BCUT2D eigenvalue weighted by atomic mass is 16.6. The maximum Gasteiger partial charge on any atom is 0.305 e. The largest absolute Gasteiger partial charge is 0.469 e. The zero-order chi connectivity index (χ0) is 17.6. The minimum atomic E-state index is -0.869. The zero-order valence-electron chi connectivity index (χ0n) is 14.0. The van der Waals surface area contributed by atoms with Crippen LogP contribution in [0.25, 0.3) is 0 Å². The molecule has 1 aliphatic carbocycles. The van der Waals surface area contributed by atoms with Crippen molar-refractivity contribution in [3.05, 3.63) is 10.1 Å². The van der Waals surface area contributed by atoms with Gasteiger partial charge in [0.2, 0.25) is 6.54 Å². The summed E-state index contributed by atoms with van der Waals surface area (Å²) >= 11 is 0. The molecule has 0 heterocycles. The van der Waals surface area contributed by atoms with E-state index in [1.807, 2.05) is 13.8 Å². The summed E-state index contributed by atoms with van der Waals surface area (Å²) in [6.07, 6.45) is 2.16. The normalized spacial score (nSPS) is 23.3. The molecule has 0 saturated heterocycles. The van der Waals surface area contributed by atoms with Crippen molar-refractivity contribution in [2.75, 3.05) is 13.7 Å². The van der Waals surface area contributed by atoms with Crippen molar-refractivity contribution in [3.8, 4) is 0 Å². The fraction of sp³-hybridized carbons (Fsp3) is 0.812. The molecule has 0 radical (unpaired) electrons. The van der Waals surface area contributed by atoms with Crippen molar-refractivity contribution in [2.24, 2.45) is 17.3 Å². The Bertz CT molecular complexity index is 485. The summed E-state index contributed by atoms with van der Waals surface area (Å²) in [7, 11) is 1.30. The van der Waals surface area contributed by atoms with E-state index in [1.165, 1.54) is 7.11 Å². The first-order chi connectivity index (χ1) is 10.7. The number of esters is 1. The third-order valence-corrected chi connectivity index (χ3v) is 4.30. The molecule has 0 amide bonds. The molecule has 0 bridgehead atoms. The van der Waals surface area contributed by atoms with Crippen LogP contribution in [0.15, 0.2) is 0 Å². The number of carbonyl (C=O) groups excluding carboxylic acids is 3. The van der Waals surface area contributed by atoms with Gasteiger partial charge in [-0.2, -0.15) is 0 Å². The second-order valence-corrected chi connectivity index (χ2v) is 7.01. The van der Waals surface area contributed by atoms with E-state index in [2.05, 4.69) is 4.74 Å². The van der Waals surface area contributed by atoms with Crippen LogP contribution in [0.5, 0.6) is 0 Å². The number of nitro groups is 1. The molecule has 0 unspecified atom stereocenters. The Morgan fingerprint density at radius 1 is 1.30 bits per heavy atom. The summed E-state index contributed by atoms with van der Waals surface area (Å²) < 4.78 is 4.52. The monoisotopic (exact) mass is 327 g/mol. The average molecular weight is 327 g/mol. The highest BCUT2D eigenvalue weighted by Gasteiger charge is 2.45.